The molecule has 0 radical (unpaired) electrons. The third-order valence-corrected chi connectivity index (χ3v) is 5.12. The SMILES string of the molecule is CC(C)C(C#N)N1CCN(C(=O)CCOc2cccc(Cl)c2Cl)CC1. The Morgan fingerprint density at radius 2 is 1.96 bits per heavy atom. The second-order valence-electron chi connectivity index (χ2n) is 6.39. The van der Waals surface area contributed by atoms with E-state index in [0.717, 1.165) is 13.1 Å². The van der Waals surface area contributed by atoms with E-state index in [1.807, 2.05) is 18.7 Å². The molecule has 5 nitrogen and oxygen atoms in total. The van der Waals surface area contributed by atoms with Gasteiger partial charge in [-0.2, -0.15) is 5.26 Å². The quantitative estimate of drug-likeness (QED) is 0.754. The van der Waals surface area contributed by atoms with Gasteiger partial charge >= 0.3 is 0 Å². The fourth-order valence-electron chi connectivity index (χ4n) is 2.90. The summed E-state index contributed by atoms with van der Waals surface area (Å²) in [5, 5.41) is 10.1. The summed E-state index contributed by atoms with van der Waals surface area (Å²) < 4.78 is 5.57. The van der Waals surface area contributed by atoms with Crippen molar-refractivity contribution in [3.05, 3.63) is 28.2 Å². The molecule has 1 aromatic carbocycles. The van der Waals surface area contributed by atoms with Crippen LogP contribution in [0.15, 0.2) is 18.2 Å². The van der Waals surface area contributed by atoms with Gasteiger partial charge in [-0.25, -0.2) is 0 Å². The van der Waals surface area contributed by atoms with Crippen molar-refractivity contribution in [2.45, 2.75) is 26.3 Å². The molecule has 1 unspecified atom stereocenters. The molecule has 0 spiro atoms. The fourth-order valence-corrected chi connectivity index (χ4v) is 3.25. The molecule has 1 heterocycles. The van der Waals surface area contributed by atoms with Crippen molar-refractivity contribution in [2.24, 2.45) is 5.92 Å². The maximum Gasteiger partial charge on any atom is 0.226 e. The second kappa shape index (κ2) is 9.28. The maximum absolute atomic E-state index is 12.3. The number of halogens is 2. The summed E-state index contributed by atoms with van der Waals surface area (Å²) >= 11 is 12.0. The molecule has 0 aliphatic carbocycles. The first-order valence-electron chi connectivity index (χ1n) is 8.42. The van der Waals surface area contributed by atoms with Crippen LogP contribution in [0, 0.1) is 17.2 Å². The average molecular weight is 384 g/mol. The van der Waals surface area contributed by atoms with Crippen LogP contribution in [-0.2, 0) is 4.79 Å². The minimum absolute atomic E-state index is 0.0517. The lowest BCUT2D eigenvalue weighted by Gasteiger charge is -2.38. The van der Waals surface area contributed by atoms with Crippen molar-refractivity contribution >= 4 is 29.1 Å². The Hall–Kier alpha value is -1.48. The molecule has 1 aliphatic heterocycles. The zero-order chi connectivity index (χ0) is 18.4. The lowest BCUT2D eigenvalue weighted by Crippen LogP contribution is -2.53. The van der Waals surface area contributed by atoms with Gasteiger partial charge in [0.2, 0.25) is 5.91 Å². The topological polar surface area (TPSA) is 56.6 Å². The van der Waals surface area contributed by atoms with E-state index in [0.29, 0.717) is 28.9 Å². The van der Waals surface area contributed by atoms with Crippen molar-refractivity contribution in [3.63, 3.8) is 0 Å². The zero-order valence-electron chi connectivity index (χ0n) is 14.5. The number of hydrogen-bond acceptors (Lipinski definition) is 4. The zero-order valence-corrected chi connectivity index (χ0v) is 16.1. The van der Waals surface area contributed by atoms with E-state index in [1.165, 1.54) is 0 Å². The Morgan fingerprint density at radius 3 is 2.56 bits per heavy atom. The van der Waals surface area contributed by atoms with Gasteiger partial charge in [0.15, 0.2) is 0 Å². The van der Waals surface area contributed by atoms with Gasteiger partial charge in [-0.05, 0) is 18.1 Å². The standard InChI is InChI=1S/C18H23Cl2N3O2/c1-13(2)15(12-21)22-7-9-23(10-8-22)17(24)6-11-25-16-5-3-4-14(19)18(16)20/h3-5,13,15H,6-11H2,1-2H3. The number of nitriles is 1. The second-order valence-corrected chi connectivity index (χ2v) is 7.17. The molecule has 1 saturated heterocycles. The summed E-state index contributed by atoms with van der Waals surface area (Å²) in [5.41, 5.74) is 0. The van der Waals surface area contributed by atoms with E-state index >= 15 is 0 Å². The summed E-state index contributed by atoms with van der Waals surface area (Å²) in [5.74, 6) is 0.819. The van der Waals surface area contributed by atoms with E-state index in [-0.39, 0.29) is 30.9 Å². The maximum atomic E-state index is 12.3. The number of rotatable bonds is 6. The smallest absolute Gasteiger partial charge is 0.226 e. The Bertz CT molecular complexity index is 638. The first-order chi connectivity index (χ1) is 11.9. The van der Waals surface area contributed by atoms with Crippen LogP contribution in [-0.4, -0.2) is 54.5 Å². The van der Waals surface area contributed by atoms with Gasteiger partial charge in [0.25, 0.3) is 0 Å². The minimum atomic E-state index is -0.0921. The van der Waals surface area contributed by atoms with E-state index < -0.39 is 0 Å². The molecular formula is C18H23Cl2N3O2. The highest BCUT2D eigenvalue weighted by Gasteiger charge is 2.27. The van der Waals surface area contributed by atoms with E-state index in [2.05, 4.69) is 11.0 Å². The van der Waals surface area contributed by atoms with Gasteiger partial charge < -0.3 is 9.64 Å². The normalized spacial score (nSPS) is 16.6. The Labute approximate surface area is 159 Å². The van der Waals surface area contributed by atoms with Crippen molar-refractivity contribution in [2.75, 3.05) is 32.8 Å². The fraction of sp³-hybridized carbons (Fsp3) is 0.556. The number of hydrogen-bond donors (Lipinski definition) is 0. The van der Waals surface area contributed by atoms with E-state index in [4.69, 9.17) is 27.9 Å². The third-order valence-electron chi connectivity index (χ3n) is 4.31. The molecule has 2 rings (SSSR count). The third kappa shape index (κ3) is 5.24. The van der Waals surface area contributed by atoms with E-state index in [9.17, 15) is 10.1 Å². The highest BCUT2D eigenvalue weighted by molar-refractivity contribution is 6.42. The predicted octanol–water partition coefficient (Wildman–Crippen LogP) is 3.45. The molecule has 1 amide bonds. The molecule has 7 heteroatoms. The number of nitrogens with zero attached hydrogens (tertiary/aromatic N) is 3. The molecule has 136 valence electrons. The molecule has 25 heavy (non-hydrogen) atoms. The van der Waals surface area contributed by atoms with Crippen LogP contribution in [0.5, 0.6) is 5.75 Å². The minimum Gasteiger partial charge on any atom is -0.491 e. The molecule has 0 aromatic heterocycles. The van der Waals surface area contributed by atoms with Gasteiger partial charge in [-0.1, -0.05) is 43.1 Å². The molecule has 1 aromatic rings. The van der Waals surface area contributed by atoms with Crippen molar-refractivity contribution < 1.29 is 9.53 Å². The molecule has 0 bridgehead atoms. The van der Waals surface area contributed by atoms with Crippen LogP contribution >= 0.6 is 23.2 Å². The van der Waals surface area contributed by atoms with Crippen LogP contribution in [0.1, 0.15) is 20.3 Å². The van der Waals surface area contributed by atoms with Crippen molar-refractivity contribution in [3.8, 4) is 11.8 Å². The molecule has 1 fully saturated rings. The van der Waals surface area contributed by atoms with Gasteiger partial charge in [-0.15, -0.1) is 0 Å². The molecule has 0 saturated carbocycles. The van der Waals surface area contributed by atoms with Crippen LogP contribution in [0.3, 0.4) is 0 Å². The van der Waals surface area contributed by atoms with E-state index in [1.54, 1.807) is 18.2 Å². The lowest BCUT2D eigenvalue weighted by atomic mass is 10.0. The summed E-state index contributed by atoms with van der Waals surface area (Å²) in [7, 11) is 0. The molecule has 1 atom stereocenters. The number of benzene rings is 1. The van der Waals surface area contributed by atoms with Crippen LogP contribution in [0.4, 0.5) is 0 Å². The number of ether oxygens (including phenoxy) is 1. The average Bonchev–Trinajstić information content (AvgIpc) is 2.59. The van der Waals surface area contributed by atoms with Gasteiger partial charge in [0.05, 0.1) is 24.1 Å². The monoisotopic (exact) mass is 383 g/mol. The molecular weight excluding hydrogens is 361 g/mol. The van der Waals surface area contributed by atoms with Gasteiger partial charge in [0, 0.05) is 26.2 Å². The predicted molar refractivity (Wildman–Crippen MR) is 99.0 cm³/mol. The summed E-state index contributed by atoms with van der Waals surface area (Å²) in [4.78, 5) is 16.3. The van der Waals surface area contributed by atoms with Gasteiger partial charge in [0.1, 0.15) is 16.8 Å². The largest absolute Gasteiger partial charge is 0.491 e. The summed E-state index contributed by atoms with van der Waals surface area (Å²) in [6.45, 7) is 7.08. The molecule has 1 aliphatic rings. The summed E-state index contributed by atoms with van der Waals surface area (Å²) in [6.07, 6.45) is 0.286. The summed E-state index contributed by atoms with van der Waals surface area (Å²) in [6, 6.07) is 7.43. The first kappa shape index (κ1) is 19.8. The number of carbonyl (C=O) groups is 1. The molecule has 0 N–H and O–H groups in total. The number of amides is 1. The Kier molecular flexibility index (Phi) is 7.37. The van der Waals surface area contributed by atoms with Crippen LogP contribution in [0.25, 0.3) is 0 Å². The first-order valence-corrected chi connectivity index (χ1v) is 9.18. The van der Waals surface area contributed by atoms with Crippen molar-refractivity contribution in [1.29, 1.82) is 5.26 Å². The number of carbonyl (C=O) groups excluding carboxylic acids is 1. The Balaban J connectivity index is 1.77. The highest BCUT2D eigenvalue weighted by atomic mass is 35.5. The van der Waals surface area contributed by atoms with Crippen molar-refractivity contribution in [1.82, 2.24) is 9.80 Å². The number of piperazine rings is 1. The lowest BCUT2D eigenvalue weighted by molar-refractivity contribution is -0.133. The van der Waals surface area contributed by atoms with Gasteiger partial charge in [-0.3, -0.25) is 9.69 Å². The highest BCUT2D eigenvalue weighted by Crippen LogP contribution is 2.31. The Morgan fingerprint density at radius 1 is 1.28 bits per heavy atom. The van der Waals surface area contributed by atoms with Crippen LogP contribution in [0.2, 0.25) is 10.0 Å². The van der Waals surface area contributed by atoms with Crippen LogP contribution < -0.4 is 4.74 Å².